The highest BCUT2D eigenvalue weighted by atomic mass is 35.5. The van der Waals surface area contributed by atoms with Gasteiger partial charge < -0.3 is 15.8 Å². The van der Waals surface area contributed by atoms with Crippen LogP contribution in [0.5, 0.6) is 5.75 Å². The number of carbonyl (C=O) groups is 2. The van der Waals surface area contributed by atoms with Crippen molar-refractivity contribution in [1.29, 1.82) is 0 Å². The number of halogens is 2. The van der Waals surface area contributed by atoms with Crippen LogP contribution in [-0.4, -0.2) is 24.7 Å². The largest absolute Gasteiger partial charge is 0.494 e. The molecule has 2 rings (SSSR count). The van der Waals surface area contributed by atoms with E-state index in [1.807, 2.05) is 0 Å². The van der Waals surface area contributed by atoms with Gasteiger partial charge in [-0.05, 0) is 24.3 Å². The molecule has 2 aromatic rings. The number of ether oxygens (including phenoxy) is 1. The summed E-state index contributed by atoms with van der Waals surface area (Å²) in [5.41, 5.74) is 6.01. The number of primary amides is 1. The summed E-state index contributed by atoms with van der Waals surface area (Å²) in [6.45, 7) is 0. The highest BCUT2D eigenvalue weighted by Gasteiger charge is 2.15. The molecule has 3 N–H and O–H groups in total. The first-order valence-electron chi connectivity index (χ1n) is 6.77. The molecular weight excluding hydrogens is 371 g/mol. The number of hydrogen-bond acceptors (Lipinski definition) is 4. The van der Waals surface area contributed by atoms with Crippen LogP contribution in [0.4, 0.5) is 5.69 Å². The van der Waals surface area contributed by atoms with E-state index >= 15 is 0 Å². The SMILES string of the molecule is COc1c(Cl)cc(C(=O)Nc2ccccc2SCC(N)=O)cc1Cl. The first kappa shape index (κ1) is 18.4. The summed E-state index contributed by atoms with van der Waals surface area (Å²) < 4.78 is 5.06. The molecule has 0 atom stereocenters. The molecule has 0 bridgehead atoms. The van der Waals surface area contributed by atoms with Gasteiger partial charge in [0.15, 0.2) is 5.75 Å². The zero-order chi connectivity index (χ0) is 17.7. The third-order valence-electron chi connectivity index (χ3n) is 2.97. The van der Waals surface area contributed by atoms with Crippen molar-refractivity contribution in [2.24, 2.45) is 5.73 Å². The van der Waals surface area contributed by atoms with E-state index in [9.17, 15) is 9.59 Å². The minimum Gasteiger partial charge on any atom is -0.494 e. The summed E-state index contributed by atoms with van der Waals surface area (Å²) in [6, 6.07) is 10.0. The summed E-state index contributed by atoms with van der Waals surface area (Å²) in [5.74, 6) is -0.386. The molecule has 0 saturated carbocycles. The first-order chi connectivity index (χ1) is 11.4. The minimum absolute atomic E-state index is 0.118. The van der Waals surface area contributed by atoms with E-state index in [-0.39, 0.29) is 21.7 Å². The normalized spacial score (nSPS) is 10.3. The van der Waals surface area contributed by atoms with Gasteiger partial charge in [0.05, 0.1) is 28.6 Å². The van der Waals surface area contributed by atoms with Gasteiger partial charge in [-0.1, -0.05) is 35.3 Å². The van der Waals surface area contributed by atoms with Crippen LogP contribution in [0.15, 0.2) is 41.3 Å². The maximum atomic E-state index is 12.4. The van der Waals surface area contributed by atoms with Gasteiger partial charge in [-0.2, -0.15) is 0 Å². The molecule has 0 aliphatic heterocycles. The lowest BCUT2D eigenvalue weighted by Gasteiger charge is -2.12. The van der Waals surface area contributed by atoms with Crippen LogP contribution in [0.1, 0.15) is 10.4 Å². The smallest absolute Gasteiger partial charge is 0.255 e. The van der Waals surface area contributed by atoms with Gasteiger partial charge in [0.25, 0.3) is 5.91 Å². The number of nitrogens with one attached hydrogen (secondary N) is 1. The highest BCUT2D eigenvalue weighted by Crippen LogP contribution is 2.34. The standard InChI is InChI=1S/C16H14Cl2N2O3S/c1-23-15-10(17)6-9(7-11(15)18)16(22)20-12-4-2-3-5-13(12)24-8-14(19)21/h2-7H,8H2,1H3,(H2,19,21)(H,20,22). The van der Waals surface area contributed by atoms with Gasteiger partial charge in [0.2, 0.25) is 5.91 Å². The van der Waals surface area contributed by atoms with E-state index in [4.69, 9.17) is 33.7 Å². The molecule has 0 saturated heterocycles. The van der Waals surface area contributed by atoms with Crippen LogP contribution in [-0.2, 0) is 4.79 Å². The van der Waals surface area contributed by atoms with Crippen molar-refractivity contribution in [3.8, 4) is 5.75 Å². The summed E-state index contributed by atoms with van der Waals surface area (Å²) in [6.07, 6.45) is 0. The van der Waals surface area contributed by atoms with E-state index < -0.39 is 5.91 Å². The Kier molecular flexibility index (Phi) is 6.36. The maximum Gasteiger partial charge on any atom is 0.255 e. The number of carbonyl (C=O) groups excluding carboxylic acids is 2. The molecule has 8 heteroatoms. The third kappa shape index (κ3) is 4.56. The number of anilines is 1. The number of methoxy groups -OCH3 is 1. The fourth-order valence-corrected chi connectivity index (χ4v) is 3.31. The molecule has 24 heavy (non-hydrogen) atoms. The summed E-state index contributed by atoms with van der Waals surface area (Å²) in [4.78, 5) is 24.1. The van der Waals surface area contributed by atoms with Crippen LogP contribution in [0.2, 0.25) is 10.0 Å². The number of hydrogen-bond donors (Lipinski definition) is 2. The minimum atomic E-state index is -0.435. The topological polar surface area (TPSA) is 81.4 Å². The molecule has 0 aliphatic rings. The van der Waals surface area contributed by atoms with Crippen LogP contribution >= 0.6 is 35.0 Å². The van der Waals surface area contributed by atoms with Crippen LogP contribution in [0.3, 0.4) is 0 Å². The van der Waals surface area contributed by atoms with Gasteiger partial charge in [-0.3, -0.25) is 9.59 Å². The van der Waals surface area contributed by atoms with Gasteiger partial charge in [0.1, 0.15) is 0 Å². The van der Waals surface area contributed by atoms with Crippen LogP contribution in [0.25, 0.3) is 0 Å². The van der Waals surface area contributed by atoms with E-state index in [0.717, 1.165) is 4.90 Å². The summed E-state index contributed by atoms with van der Waals surface area (Å²) in [7, 11) is 1.44. The van der Waals surface area contributed by atoms with E-state index in [2.05, 4.69) is 5.32 Å². The lowest BCUT2D eigenvalue weighted by molar-refractivity contribution is -0.115. The van der Waals surface area contributed by atoms with Gasteiger partial charge >= 0.3 is 0 Å². The predicted molar refractivity (Wildman–Crippen MR) is 97.3 cm³/mol. The third-order valence-corrected chi connectivity index (χ3v) is 4.63. The Labute approximate surface area is 153 Å². The van der Waals surface area contributed by atoms with Crippen molar-refractivity contribution in [2.45, 2.75) is 4.90 Å². The van der Waals surface area contributed by atoms with Crippen LogP contribution < -0.4 is 15.8 Å². The van der Waals surface area contributed by atoms with Gasteiger partial charge in [0, 0.05) is 10.5 Å². The average molecular weight is 385 g/mol. The second-order valence-electron chi connectivity index (χ2n) is 4.68. The molecule has 0 heterocycles. The fourth-order valence-electron chi connectivity index (χ4n) is 1.93. The predicted octanol–water partition coefficient (Wildman–Crippen LogP) is 3.83. The fraction of sp³-hybridized carbons (Fsp3) is 0.125. The van der Waals surface area contributed by atoms with Crippen molar-refractivity contribution in [1.82, 2.24) is 0 Å². The van der Waals surface area contributed by atoms with Crippen molar-refractivity contribution in [3.63, 3.8) is 0 Å². The number of thioether (sulfide) groups is 1. The Bertz CT molecular complexity index is 761. The van der Waals surface area contributed by atoms with Crippen LogP contribution in [0, 0.1) is 0 Å². The van der Waals surface area contributed by atoms with Crippen molar-refractivity contribution < 1.29 is 14.3 Å². The zero-order valence-corrected chi connectivity index (χ0v) is 15.0. The van der Waals surface area contributed by atoms with Crippen molar-refractivity contribution >= 4 is 52.5 Å². The first-order valence-corrected chi connectivity index (χ1v) is 8.51. The van der Waals surface area contributed by atoms with Crippen molar-refractivity contribution in [3.05, 3.63) is 52.0 Å². The summed E-state index contributed by atoms with van der Waals surface area (Å²) in [5, 5.41) is 3.26. The molecule has 126 valence electrons. The lowest BCUT2D eigenvalue weighted by Crippen LogP contribution is -2.15. The van der Waals surface area contributed by atoms with Crippen molar-refractivity contribution in [2.75, 3.05) is 18.2 Å². The molecule has 0 aliphatic carbocycles. The Hall–Kier alpha value is -1.89. The van der Waals surface area contributed by atoms with E-state index in [1.54, 1.807) is 24.3 Å². The Balaban J connectivity index is 2.23. The summed E-state index contributed by atoms with van der Waals surface area (Å²) >= 11 is 13.3. The maximum absolute atomic E-state index is 12.4. The van der Waals surface area contributed by atoms with E-state index in [0.29, 0.717) is 17.0 Å². The Morgan fingerprint density at radius 2 is 1.83 bits per heavy atom. The number of amides is 2. The second-order valence-corrected chi connectivity index (χ2v) is 6.51. The highest BCUT2D eigenvalue weighted by molar-refractivity contribution is 8.00. The molecule has 0 unspecified atom stereocenters. The lowest BCUT2D eigenvalue weighted by atomic mass is 10.2. The molecular formula is C16H14Cl2N2O3S. The number of para-hydroxylation sites is 1. The Morgan fingerprint density at radius 3 is 2.42 bits per heavy atom. The average Bonchev–Trinajstić information content (AvgIpc) is 2.53. The molecule has 5 nitrogen and oxygen atoms in total. The molecule has 2 amide bonds. The number of benzene rings is 2. The monoisotopic (exact) mass is 384 g/mol. The zero-order valence-electron chi connectivity index (χ0n) is 12.6. The number of rotatable bonds is 6. The second kappa shape index (κ2) is 8.28. The molecule has 0 radical (unpaired) electrons. The van der Waals surface area contributed by atoms with Gasteiger partial charge in [-0.15, -0.1) is 11.8 Å². The van der Waals surface area contributed by atoms with Gasteiger partial charge in [-0.25, -0.2) is 0 Å². The quantitative estimate of drug-likeness (QED) is 0.741. The molecule has 2 aromatic carbocycles. The molecule has 0 aromatic heterocycles. The number of nitrogens with two attached hydrogens (primary N) is 1. The van der Waals surface area contributed by atoms with E-state index in [1.165, 1.54) is 31.0 Å². The molecule has 0 fully saturated rings. The molecule has 0 spiro atoms. The Morgan fingerprint density at radius 1 is 1.21 bits per heavy atom.